The monoisotopic (exact) mass is 267 g/mol. The van der Waals surface area contributed by atoms with Gasteiger partial charge in [0.25, 0.3) is 0 Å². The molecule has 1 aromatic heterocycles. The van der Waals surface area contributed by atoms with Gasteiger partial charge >= 0.3 is 0 Å². The lowest BCUT2D eigenvalue weighted by Crippen LogP contribution is -2.07. The molecule has 0 aliphatic carbocycles. The Morgan fingerprint density at radius 3 is 2.78 bits per heavy atom. The maximum absolute atomic E-state index is 13.8. The molecule has 0 aliphatic heterocycles. The maximum Gasteiger partial charge on any atom is 0.134 e. The summed E-state index contributed by atoms with van der Waals surface area (Å²) in [5.74, 6) is 0.463. The zero-order chi connectivity index (χ0) is 13.3. The number of anilines is 1. The average Bonchev–Trinajstić information content (AvgIpc) is 2.61. The molecule has 0 saturated heterocycles. The van der Waals surface area contributed by atoms with Gasteiger partial charge in [0.1, 0.15) is 17.3 Å². The van der Waals surface area contributed by atoms with Crippen LogP contribution in [0, 0.1) is 11.7 Å². The fourth-order valence-electron chi connectivity index (χ4n) is 1.85. The van der Waals surface area contributed by atoms with Crippen LogP contribution in [-0.4, -0.2) is 9.55 Å². The molecule has 5 heteroatoms. The summed E-state index contributed by atoms with van der Waals surface area (Å²) in [7, 11) is 0. The van der Waals surface area contributed by atoms with E-state index >= 15 is 0 Å². The van der Waals surface area contributed by atoms with Gasteiger partial charge in [-0.25, -0.2) is 9.37 Å². The minimum absolute atomic E-state index is 0.263. The van der Waals surface area contributed by atoms with E-state index in [2.05, 4.69) is 18.8 Å². The molecule has 0 saturated carbocycles. The SMILES string of the molecule is CC(C)Cn1cnc(-c2c(F)cccc2Cl)c1N. The first-order valence-corrected chi connectivity index (χ1v) is 6.13. The Bertz CT molecular complexity index is 543. The molecule has 0 fully saturated rings. The fourth-order valence-corrected chi connectivity index (χ4v) is 2.10. The van der Waals surface area contributed by atoms with Crippen LogP contribution < -0.4 is 5.73 Å². The second-order valence-corrected chi connectivity index (χ2v) is 5.03. The van der Waals surface area contributed by atoms with Crippen molar-refractivity contribution in [3.63, 3.8) is 0 Å². The van der Waals surface area contributed by atoms with Crippen molar-refractivity contribution in [1.82, 2.24) is 9.55 Å². The normalized spacial score (nSPS) is 11.2. The molecule has 0 unspecified atom stereocenters. The quantitative estimate of drug-likeness (QED) is 0.924. The van der Waals surface area contributed by atoms with Gasteiger partial charge in [-0.2, -0.15) is 0 Å². The number of hydrogen-bond acceptors (Lipinski definition) is 2. The molecule has 0 radical (unpaired) electrons. The van der Waals surface area contributed by atoms with Gasteiger partial charge in [0.05, 0.1) is 16.9 Å². The molecule has 96 valence electrons. The van der Waals surface area contributed by atoms with Crippen LogP contribution in [-0.2, 0) is 6.54 Å². The zero-order valence-electron chi connectivity index (χ0n) is 10.3. The fraction of sp³-hybridized carbons (Fsp3) is 0.308. The molecule has 2 rings (SSSR count). The minimum Gasteiger partial charge on any atom is -0.383 e. The molecule has 3 nitrogen and oxygen atoms in total. The van der Waals surface area contributed by atoms with E-state index in [-0.39, 0.29) is 5.56 Å². The number of rotatable bonds is 3. The maximum atomic E-state index is 13.8. The summed E-state index contributed by atoms with van der Waals surface area (Å²) < 4.78 is 15.6. The molecule has 2 N–H and O–H groups in total. The second kappa shape index (κ2) is 4.98. The highest BCUT2D eigenvalue weighted by atomic mass is 35.5. The molecule has 0 spiro atoms. The molecule has 1 heterocycles. The first kappa shape index (κ1) is 12.9. The van der Waals surface area contributed by atoms with E-state index in [4.69, 9.17) is 17.3 Å². The molecule has 0 bridgehead atoms. The number of imidazole rings is 1. The van der Waals surface area contributed by atoms with Crippen molar-refractivity contribution in [2.24, 2.45) is 5.92 Å². The first-order valence-electron chi connectivity index (χ1n) is 5.75. The predicted octanol–water partition coefficient (Wildman–Crippen LogP) is 3.58. The van der Waals surface area contributed by atoms with Crippen LogP contribution in [0.2, 0.25) is 5.02 Å². The zero-order valence-corrected chi connectivity index (χ0v) is 11.1. The molecule has 0 amide bonds. The smallest absolute Gasteiger partial charge is 0.134 e. The van der Waals surface area contributed by atoms with E-state index in [1.165, 1.54) is 6.07 Å². The third-order valence-electron chi connectivity index (χ3n) is 2.64. The number of halogens is 2. The summed E-state index contributed by atoms with van der Waals surface area (Å²) in [5, 5.41) is 0.316. The van der Waals surface area contributed by atoms with Gasteiger partial charge in [-0.15, -0.1) is 0 Å². The summed E-state index contributed by atoms with van der Waals surface area (Å²) >= 11 is 6.01. The van der Waals surface area contributed by atoms with Gasteiger partial charge in [0.2, 0.25) is 0 Å². The lowest BCUT2D eigenvalue weighted by Gasteiger charge is -2.09. The van der Waals surface area contributed by atoms with Crippen molar-refractivity contribution < 1.29 is 4.39 Å². The van der Waals surface area contributed by atoms with Crippen LogP contribution in [0.15, 0.2) is 24.5 Å². The first-order chi connectivity index (χ1) is 8.50. The number of nitrogens with zero attached hydrogens (tertiary/aromatic N) is 2. The predicted molar refractivity (Wildman–Crippen MR) is 71.9 cm³/mol. The second-order valence-electron chi connectivity index (χ2n) is 4.62. The molecule has 0 atom stereocenters. The molecule has 1 aromatic carbocycles. The van der Waals surface area contributed by atoms with Crippen molar-refractivity contribution in [2.75, 3.05) is 5.73 Å². The van der Waals surface area contributed by atoms with Gasteiger partial charge in [-0.05, 0) is 18.1 Å². The standard InChI is InChI=1S/C13H15ClFN3/c1-8(2)6-18-7-17-12(13(18)16)11-9(14)4-3-5-10(11)15/h3-5,7-8H,6,16H2,1-2H3. The third-order valence-corrected chi connectivity index (χ3v) is 2.95. The van der Waals surface area contributed by atoms with E-state index in [0.717, 1.165) is 6.54 Å². The van der Waals surface area contributed by atoms with E-state index in [1.807, 2.05) is 4.57 Å². The van der Waals surface area contributed by atoms with Crippen LogP contribution in [0.1, 0.15) is 13.8 Å². The summed E-state index contributed by atoms with van der Waals surface area (Å²) in [6.45, 7) is 4.90. The lowest BCUT2D eigenvalue weighted by molar-refractivity contribution is 0.527. The van der Waals surface area contributed by atoms with Crippen molar-refractivity contribution >= 4 is 17.4 Å². The summed E-state index contributed by atoms with van der Waals surface area (Å²) in [6.07, 6.45) is 1.62. The average molecular weight is 268 g/mol. The Labute approximate surface area is 110 Å². The molecular formula is C13H15ClFN3. The van der Waals surface area contributed by atoms with Crippen LogP contribution in [0.4, 0.5) is 10.2 Å². The number of benzene rings is 1. The Kier molecular flexibility index (Phi) is 3.57. The van der Waals surface area contributed by atoms with Crippen LogP contribution in [0.5, 0.6) is 0 Å². The van der Waals surface area contributed by atoms with Crippen LogP contribution in [0.25, 0.3) is 11.3 Å². The summed E-state index contributed by atoms with van der Waals surface area (Å²) in [4.78, 5) is 4.17. The van der Waals surface area contributed by atoms with Crippen molar-refractivity contribution in [2.45, 2.75) is 20.4 Å². The van der Waals surface area contributed by atoms with Crippen LogP contribution >= 0.6 is 11.6 Å². The Morgan fingerprint density at radius 2 is 2.17 bits per heavy atom. The molecule has 2 aromatic rings. The number of nitrogens with two attached hydrogens (primary N) is 1. The number of aromatic nitrogens is 2. The Balaban J connectivity index is 2.49. The van der Waals surface area contributed by atoms with Gasteiger partial charge in [-0.3, -0.25) is 0 Å². The van der Waals surface area contributed by atoms with Gasteiger partial charge in [-0.1, -0.05) is 31.5 Å². The van der Waals surface area contributed by atoms with Crippen LogP contribution in [0.3, 0.4) is 0 Å². The van der Waals surface area contributed by atoms with Crippen molar-refractivity contribution in [3.8, 4) is 11.3 Å². The minimum atomic E-state index is -0.413. The van der Waals surface area contributed by atoms with Gasteiger partial charge < -0.3 is 10.3 Å². The molecule has 18 heavy (non-hydrogen) atoms. The van der Waals surface area contributed by atoms with Crippen molar-refractivity contribution in [1.29, 1.82) is 0 Å². The highest BCUT2D eigenvalue weighted by molar-refractivity contribution is 6.33. The van der Waals surface area contributed by atoms with Crippen molar-refractivity contribution in [3.05, 3.63) is 35.4 Å². The third kappa shape index (κ3) is 2.34. The van der Waals surface area contributed by atoms with E-state index in [9.17, 15) is 4.39 Å². The largest absolute Gasteiger partial charge is 0.383 e. The highest BCUT2D eigenvalue weighted by Gasteiger charge is 2.17. The van der Waals surface area contributed by atoms with Gasteiger partial charge in [0.15, 0.2) is 0 Å². The lowest BCUT2D eigenvalue weighted by atomic mass is 10.1. The van der Waals surface area contributed by atoms with E-state index in [1.54, 1.807) is 18.5 Å². The molecular weight excluding hydrogens is 253 g/mol. The molecule has 0 aliphatic rings. The number of hydrogen-bond donors (Lipinski definition) is 1. The Morgan fingerprint density at radius 1 is 1.44 bits per heavy atom. The van der Waals surface area contributed by atoms with E-state index < -0.39 is 5.82 Å². The van der Waals surface area contributed by atoms with Gasteiger partial charge in [0, 0.05) is 6.54 Å². The highest BCUT2D eigenvalue weighted by Crippen LogP contribution is 2.33. The summed E-state index contributed by atoms with van der Waals surface area (Å²) in [5.41, 5.74) is 6.66. The summed E-state index contributed by atoms with van der Waals surface area (Å²) in [6, 6.07) is 4.53. The Hall–Kier alpha value is -1.55. The van der Waals surface area contributed by atoms with E-state index in [0.29, 0.717) is 22.5 Å². The number of nitrogen functional groups attached to an aromatic ring is 1. The topological polar surface area (TPSA) is 43.8 Å².